The number of ketones is 1. The molecule has 2 heterocycles. The van der Waals surface area contributed by atoms with Gasteiger partial charge < -0.3 is 5.73 Å². The van der Waals surface area contributed by atoms with Gasteiger partial charge in [0.25, 0.3) is 0 Å². The van der Waals surface area contributed by atoms with Crippen LogP contribution in [0.25, 0.3) is 0 Å². The van der Waals surface area contributed by atoms with Crippen LogP contribution in [0.15, 0.2) is 42.0 Å². The molecule has 0 saturated heterocycles. The highest BCUT2D eigenvalue weighted by Crippen LogP contribution is 2.36. The van der Waals surface area contributed by atoms with Crippen molar-refractivity contribution in [3.63, 3.8) is 0 Å². The average Bonchev–Trinajstić information content (AvgIpc) is 2.88. The van der Waals surface area contributed by atoms with E-state index in [0.717, 1.165) is 37.2 Å². The molecule has 0 aliphatic carbocycles. The van der Waals surface area contributed by atoms with E-state index in [-0.39, 0.29) is 5.78 Å². The van der Waals surface area contributed by atoms with Gasteiger partial charge in [-0.05, 0) is 25.8 Å². The summed E-state index contributed by atoms with van der Waals surface area (Å²) in [6.45, 7) is 7.06. The minimum absolute atomic E-state index is 0.0540. The van der Waals surface area contributed by atoms with Crippen LogP contribution in [-0.2, 0) is 13.0 Å². The van der Waals surface area contributed by atoms with Crippen molar-refractivity contribution in [2.45, 2.75) is 26.8 Å². The van der Waals surface area contributed by atoms with Crippen molar-refractivity contribution in [2.75, 3.05) is 18.8 Å². The zero-order valence-corrected chi connectivity index (χ0v) is 14.5. The molecule has 3 rings (SSSR count). The molecule has 0 saturated carbocycles. The molecule has 120 valence electrons. The van der Waals surface area contributed by atoms with Gasteiger partial charge in [-0.2, -0.15) is 0 Å². The molecule has 0 unspecified atom stereocenters. The van der Waals surface area contributed by atoms with Crippen molar-refractivity contribution in [3.8, 4) is 0 Å². The number of hydrogen-bond donors (Lipinski definition) is 1. The summed E-state index contributed by atoms with van der Waals surface area (Å²) in [5, 5.41) is 0.660. The quantitative estimate of drug-likeness (QED) is 0.685. The average molecular weight is 326 g/mol. The van der Waals surface area contributed by atoms with Crippen LogP contribution in [0, 0.1) is 0 Å². The molecule has 0 bridgehead atoms. The Bertz CT molecular complexity index is 742. The number of nitrogens with two attached hydrogens (primary N) is 1. The van der Waals surface area contributed by atoms with Crippen LogP contribution >= 0.6 is 11.3 Å². The van der Waals surface area contributed by atoms with Gasteiger partial charge in [0.05, 0.1) is 10.6 Å². The summed E-state index contributed by atoms with van der Waals surface area (Å²) in [6, 6.07) is 9.42. The number of rotatable bonds is 4. The van der Waals surface area contributed by atoms with Crippen LogP contribution in [0.3, 0.4) is 0 Å². The monoisotopic (exact) mass is 326 g/mol. The fraction of sp³-hybridized carbons (Fsp3) is 0.316. The maximum absolute atomic E-state index is 12.8. The van der Waals surface area contributed by atoms with Gasteiger partial charge in [-0.15, -0.1) is 11.3 Å². The Hall–Kier alpha value is -1.91. The minimum atomic E-state index is 0.0540. The molecule has 0 spiro atoms. The van der Waals surface area contributed by atoms with Gasteiger partial charge in [-0.25, -0.2) is 0 Å². The number of carbonyl (C=O) groups excluding carboxylic acids is 1. The summed E-state index contributed by atoms with van der Waals surface area (Å²) < 4.78 is 0. The summed E-state index contributed by atoms with van der Waals surface area (Å²) in [5.41, 5.74) is 10.1. The predicted octanol–water partition coefficient (Wildman–Crippen LogP) is 3.89. The van der Waals surface area contributed by atoms with E-state index < -0.39 is 0 Å². The molecule has 1 aromatic carbocycles. The molecule has 23 heavy (non-hydrogen) atoms. The fourth-order valence-electron chi connectivity index (χ4n) is 2.93. The molecule has 0 radical (unpaired) electrons. The number of benzene rings is 1. The van der Waals surface area contributed by atoms with Gasteiger partial charge in [-0.1, -0.05) is 42.0 Å². The SMILES string of the molecule is CC(C)=CCN1CCc2c(sc(N)c2C(=O)c2ccccc2)C1. The third kappa shape index (κ3) is 3.38. The molecular formula is C19H22N2OS. The summed E-state index contributed by atoms with van der Waals surface area (Å²) in [6.07, 6.45) is 3.14. The first-order chi connectivity index (χ1) is 11.1. The smallest absolute Gasteiger partial charge is 0.196 e. The second-order valence-corrected chi connectivity index (χ2v) is 7.34. The first-order valence-electron chi connectivity index (χ1n) is 7.91. The number of carbonyl (C=O) groups is 1. The molecule has 0 fully saturated rings. The zero-order valence-electron chi connectivity index (χ0n) is 13.6. The lowest BCUT2D eigenvalue weighted by atomic mass is 9.96. The normalized spacial score (nSPS) is 14.3. The van der Waals surface area contributed by atoms with Gasteiger partial charge in [0.15, 0.2) is 5.78 Å². The van der Waals surface area contributed by atoms with Crippen LogP contribution in [0.5, 0.6) is 0 Å². The third-order valence-electron chi connectivity index (χ3n) is 4.18. The van der Waals surface area contributed by atoms with E-state index in [4.69, 9.17) is 5.73 Å². The molecule has 2 N–H and O–H groups in total. The van der Waals surface area contributed by atoms with Crippen molar-refractivity contribution >= 4 is 22.1 Å². The standard InChI is InChI=1S/C19H22N2OS/c1-13(2)8-10-21-11-9-15-16(12-21)23-19(20)17(15)18(22)14-6-4-3-5-7-14/h3-8H,9-12,20H2,1-2H3. The second-order valence-electron chi connectivity index (χ2n) is 6.20. The Labute approximate surface area is 141 Å². The van der Waals surface area contributed by atoms with E-state index in [2.05, 4.69) is 24.8 Å². The molecule has 1 aliphatic rings. The molecular weight excluding hydrogens is 304 g/mol. The van der Waals surface area contributed by atoms with Crippen LogP contribution < -0.4 is 5.73 Å². The minimum Gasteiger partial charge on any atom is -0.390 e. The lowest BCUT2D eigenvalue weighted by Gasteiger charge is -2.26. The molecule has 1 aromatic heterocycles. The fourth-order valence-corrected chi connectivity index (χ4v) is 4.09. The maximum atomic E-state index is 12.8. The van der Waals surface area contributed by atoms with Gasteiger partial charge in [0.2, 0.25) is 0 Å². The van der Waals surface area contributed by atoms with Gasteiger partial charge in [0.1, 0.15) is 0 Å². The first kappa shape index (κ1) is 16.0. The lowest BCUT2D eigenvalue weighted by Crippen LogP contribution is -2.30. The third-order valence-corrected chi connectivity index (χ3v) is 5.23. The zero-order chi connectivity index (χ0) is 16.4. The van der Waals surface area contributed by atoms with E-state index in [1.807, 2.05) is 30.3 Å². The topological polar surface area (TPSA) is 46.3 Å². The molecule has 1 aliphatic heterocycles. The highest BCUT2D eigenvalue weighted by Gasteiger charge is 2.27. The number of nitrogens with zero attached hydrogens (tertiary/aromatic N) is 1. The van der Waals surface area contributed by atoms with Crippen molar-refractivity contribution in [3.05, 3.63) is 63.5 Å². The summed E-state index contributed by atoms with van der Waals surface area (Å²) in [7, 11) is 0. The molecule has 3 nitrogen and oxygen atoms in total. The van der Waals surface area contributed by atoms with Crippen molar-refractivity contribution in [2.24, 2.45) is 0 Å². The molecule has 4 heteroatoms. The largest absolute Gasteiger partial charge is 0.390 e. The van der Waals surface area contributed by atoms with Crippen molar-refractivity contribution in [1.82, 2.24) is 4.90 Å². The van der Waals surface area contributed by atoms with Crippen LogP contribution in [-0.4, -0.2) is 23.8 Å². The number of fused-ring (bicyclic) bond motifs is 1. The Kier molecular flexibility index (Phi) is 4.64. The summed E-state index contributed by atoms with van der Waals surface area (Å²) in [4.78, 5) is 16.5. The van der Waals surface area contributed by atoms with E-state index in [0.29, 0.717) is 10.6 Å². The van der Waals surface area contributed by atoms with Gasteiger partial charge in [-0.3, -0.25) is 9.69 Å². The highest BCUT2D eigenvalue weighted by atomic mass is 32.1. The second kappa shape index (κ2) is 6.69. The molecule has 0 atom stereocenters. The molecule has 2 aromatic rings. The number of thiophene rings is 1. The Balaban J connectivity index is 1.86. The molecule has 0 amide bonds. The highest BCUT2D eigenvalue weighted by molar-refractivity contribution is 7.16. The number of nitrogen functional groups attached to an aromatic ring is 1. The predicted molar refractivity (Wildman–Crippen MR) is 97.0 cm³/mol. The maximum Gasteiger partial charge on any atom is 0.196 e. The van der Waals surface area contributed by atoms with E-state index >= 15 is 0 Å². The van der Waals surface area contributed by atoms with E-state index in [9.17, 15) is 4.79 Å². The van der Waals surface area contributed by atoms with E-state index in [1.165, 1.54) is 10.5 Å². The van der Waals surface area contributed by atoms with Gasteiger partial charge >= 0.3 is 0 Å². The van der Waals surface area contributed by atoms with E-state index in [1.54, 1.807) is 11.3 Å². The van der Waals surface area contributed by atoms with Crippen LogP contribution in [0.1, 0.15) is 40.2 Å². The lowest BCUT2D eigenvalue weighted by molar-refractivity contribution is 0.103. The summed E-state index contributed by atoms with van der Waals surface area (Å²) in [5.74, 6) is 0.0540. The number of allylic oxidation sites excluding steroid dienone is 1. The van der Waals surface area contributed by atoms with Crippen molar-refractivity contribution < 1.29 is 4.79 Å². The Morgan fingerprint density at radius 2 is 2.04 bits per heavy atom. The Morgan fingerprint density at radius 1 is 1.30 bits per heavy atom. The summed E-state index contributed by atoms with van der Waals surface area (Å²) >= 11 is 1.57. The Morgan fingerprint density at radius 3 is 2.74 bits per heavy atom. The van der Waals surface area contributed by atoms with Crippen molar-refractivity contribution in [1.29, 1.82) is 0 Å². The van der Waals surface area contributed by atoms with Gasteiger partial charge in [0, 0.05) is 30.1 Å². The van der Waals surface area contributed by atoms with Crippen LogP contribution in [0.2, 0.25) is 0 Å². The van der Waals surface area contributed by atoms with Crippen LogP contribution in [0.4, 0.5) is 5.00 Å². The number of hydrogen-bond acceptors (Lipinski definition) is 4. The number of anilines is 1. The first-order valence-corrected chi connectivity index (χ1v) is 8.73.